The molecule has 1 atom stereocenters. The summed E-state index contributed by atoms with van der Waals surface area (Å²) < 4.78 is 0. The van der Waals surface area contributed by atoms with E-state index in [-0.39, 0.29) is 11.9 Å². The number of amides is 1. The minimum absolute atomic E-state index is 0.0209. The van der Waals surface area contributed by atoms with Gasteiger partial charge in [-0.05, 0) is 37.5 Å². The Labute approximate surface area is 163 Å². The zero-order valence-electron chi connectivity index (χ0n) is 15.5. The van der Waals surface area contributed by atoms with Gasteiger partial charge in [0.25, 0.3) is 0 Å². The molecule has 0 radical (unpaired) electrons. The van der Waals surface area contributed by atoms with Crippen LogP contribution in [-0.4, -0.2) is 16.9 Å². The highest BCUT2D eigenvalue weighted by Gasteiger charge is 2.06. The smallest absolute Gasteiger partial charge is 0.217 e. The highest BCUT2D eigenvalue weighted by Crippen LogP contribution is 2.25. The summed E-state index contributed by atoms with van der Waals surface area (Å²) in [4.78, 5) is 15.7. The first kappa shape index (κ1) is 18.9. The molecule has 0 saturated carbocycles. The average Bonchev–Trinajstić information content (AvgIpc) is 3.14. The molecule has 0 fully saturated rings. The van der Waals surface area contributed by atoms with Crippen LogP contribution in [0, 0.1) is 0 Å². The number of hydrogen-bond acceptors (Lipinski definition) is 5. The van der Waals surface area contributed by atoms with Gasteiger partial charge in [0.2, 0.25) is 11.0 Å². The van der Waals surface area contributed by atoms with E-state index in [9.17, 15) is 4.79 Å². The lowest BCUT2D eigenvalue weighted by Gasteiger charge is -2.12. The summed E-state index contributed by atoms with van der Waals surface area (Å²) >= 11 is 1.56. The van der Waals surface area contributed by atoms with Gasteiger partial charge in [0, 0.05) is 23.9 Å². The molecule has 0 aliphatic heterocycles. The molecular weight excluding hydrogens is 356 g/mol. The van der Waals surface area contributed by atoms with E-state index >= 15 is 0 Å². The first-order valence-corrected chi connectivity index (χ1v) is 9.87. The maximum atomic E-state index is 11.1. The molecular formula is C21H24N4OS. The quantitative estimate of drug-likeness (QED) is 0.495. The number of nitrogens with zero attached hydrogens (tertiary/aromatic N) is 1. The van der Waals surface area contributed by atoms with Crippen molar-refractivity contribution >= 4 is 28.1 Å². The normalized spacial score (nSPS) is 11.6. The largest absolute Gasteiger partial charge is 0.354 e. The van der Waals surface area contributed by atoms with Crippen molar-refractivity contribution in [2.75, 3.05) is 10.9 Å². The second kappa shape index (κ2) is 9.19. The topological polar surface area (TPSA) is 66.1 Å². The fraction of sp³-hybridized carbons (Fsp3) is 0.238. The van der Waals surface area contributed by atoms with Crippen LogP contribution >= 0.6 is 11.3 Å². The first-order valence-electron chi connectivity index (χ1n) is 8.99. The number of hydrogen-bond donors (Lipinski definition) is 3. The summed E-state index contributed by atoms with van der Waals surface area (Å²) in [5, 5.41) is 5.78. The standard InChI is InChI=1S/C21H24N4OS/c1-15(22-16(2)26)8-9-17-10-12-18(13-11-17)20-14-27-21(23-20)25-24-19-6-4-3-5-7-19/h3-7,10-15,24H,8-9H2,1-2H3,(H,22,26)(H,23,25)/t15-/m1/s1. The summed E-state index contributed by atoms with van der Waals surface area (Å²) in [5.74, 6) is 0.0209. The Bertz CT molecular complexity index is 861. The van der Waals surface area contributed by atoms with Gasteiger partial charge in [0.15, 0.2) is 0 Å². The molecule has 27 heavy (non-hydrogen) atoms. The Morgan fingerprint density at radius 3 is 2.52 bits per heavy atom. The van der Waals surface area contributed by atoms with Crippen LogP contribution in [0.3, 0.4) is 0 Å². The van der Waals surface area contributed by atoms with Crippen LogP contribution in [0.4, 0.5) is 10.8 Å². The maximum absolute atomic E-state index is 11.1. The summed E-state index contributed by atoms with van der Waals surface area (Å²) in [6, 6.07) is 18.6. The molecule has 1 heterocycles. The molecule has 6 heteroatoms. The molecule has 2 aromatic carbocycles. The second-order valence-corrected chi connectivity index (χ2v) is 7.35. The summed E-state index contributed by atoms with van der Waals surface area (Å²) in [6.07, 6.45) is 1.86. The van der Waals surface area contributed by atoms with Gasteiger partial charge in [-0.2, -0.15) is 0 Å². The third kappa shape index (κ3) is 5.82. The van der Waals surface area contributed by atoms with Crippen molar-refractivity contribution in [3.05, 3.63) is 65.5 Å². The first-order chi connectivity index (χ1) is 13.1. The van der Waals surface area contributed by atoms with Crippen LogP contribution in [0.15, 0.2) is 60.0 Å². The number of carbonyl (C=O) groups excluding carboxylic acids is 1. The van der Waals surface area contributed by atoms with E-state index in [0.717, 1.165) is 34.9 Å². The number of para-hydroxylation sites is 1. The average molecular weight is 381 g/mol. The van der Waals surface area contributed by atoms with Gasteiger partial charge in [-0.15, -0.1) is 11.3 Å². The number of aromatic nitrogens is 1. The number of nitrogens with one attached hydrogen (secondary N) is 3. The van der Waals surface area contributed by atoms with Crippen LogP contribution in [-0.2, 0) is 11.2 Å². The Morgan fingerprint density at radius 1 is 1.07 bits per heavy atom. The zero-order valence-corrected chi connectivity index (χ0v) is 16.3. The highest BCUT2D eigenvalue weighted by molar-refractivity contribution is 7.14. The van der Waals surface area contributed by atoms with Crippen LogP contribution in [0.5, 0.6) is 0 Å². The maximum Gasteiger partial charge on any atom is 0.217 e. The van der Waals surface area contributed by atoms with Crippen LogP contribution < -0.4 is 16.2 Å². The van der Waals surface area contributed by atoms with Crippen molar-refractivity contribution in [2.24, 2.45) is 0 Å². The van der Waals surface area contributed by atoms with Crippen molar-refractivity contribution in [3.8, 4) is 11.3 Å². The fourth-order valence-corrected chi connectivity index (χ4v) is 3.43. The van der Waals surface area contributed by atoms with Gasteiger partial charge in [0.05, 0.1) is 11.4 Å². The molecule has 1 amide bonds. The Hall–Kier alpha value is -2.86. The van der Waals surface area contributed by atoms with Gasteiger partial charge in [0.1, 0.15) is 0 Å². The molecule has 0 unspecified atom stereocenters. The van der Waals surface area contributed by atoms with Crippen LogP contribution in [0.1, 0.15) is 25.8 Å². The highest BCUT2D eigenvalue weighted by atomic mass is 32.1. The number of thiazole rings is 1. The summed E-state index contributed by atoms with van der Waals surface area (Å²) in [5.41, 5.74) is 10.6. The molecule has 140 valence electrons. The molecule has 5 nitrogen and oxygen atoms in total. The minimum atomic E-state index is 0.0209. The lowest BCUT2D eigenvalue weighted by atomic mass is 10.0. The Kier molecular flexibility index (Phi) is 6.44. The van der Waals surface area contributed by atoms with E-state index in [1.165, 1.54) is 5.56 Å². The predicted octanol–water partition coefficient (Wildman–Crippen LogP) is 4.71. The molecule has 0 spiro atoms. The molecule has 0 aliphatic rings. The Balaban J connectivity index is 1.54. The van der Waals surface area contributed by atoms with Gasteiger partial charge >= 0.3 is 0 Å². The molecule has 3 aromatic rings. The third-order valence-electron chi connectivity index (χ3n) is 4.16. The zero-order chi connectivity index (χ0) is 19.1. The van der Waals surface area contributed by atoms with Crippen molar-refractivity contribution in [1.82, 2.24) is 10.3 Å². The van der Waals surface area contributed by atoms with Crippen molar-refractivity contribution in [2.45, 2.75) is 32.7 Å². The van der Waals surface area contributed by atoms with Gasteiger partial charge in [-0.3, -0.25) is 15.6 Å². The fourth-order valence-electron chi connectivity index (χ4n) is 2.76. The SMILES string of the molecule is CC(=O)N[C@H](C)CCc1ccc(-c2csc(NNc3ccccc3)n2)cc1. The number of hydrazine groups is 1. The van der Waals surface area contributed by atoms with Crippen LogP contribution in [0.2, 0.25) is 0 Å². The van der Waals surface area contributed by atoms with E-state index in [0.29, 0.717) is 0 Å². The number of rotatable bonds is 8. The third-order valence-corrected chi connectivity index (χ3v) is 4.91. The number of benzene rings is 2. The molecule has 3 N–H and O–H groups in total. The van der Waals surface area contributed by atoms with E-state index < -0.39 is 0 Å². The van der Waals surface area contributed by atoms with Gasteiger partial charge in [-0.1, -0.05) is 42.5 Å². The lowest BCUT2D eigenvalue weighted by Crippen LogP contribution is -2.30. The van der Waals surface area contributed by atoms with E-state index in [2.05, 4.69) is 45.4 Å². The van der Waals surface area contributed by atoms with Gasteiger partial charge < -0.3 is 5.32 Å². The van der Waals surface area contributed by atoms with Crippen molar-refractivity contribution in [3.63, 3.8) is 0 Å². The van der Waals surface area contributed by atoms with Gasteiger partial charge in [-0.25, -0.2) is 4.98 Å². The Morgan fingerprint density at radius 2 is 1.81 bits per heavy atom. The van der Waals surface area contributed by atoms with Crippen molar-refractivity contribution < 1.29 is 4.79 Å². The predicted molar refractivity (Wildman–Crippen MR) is 113 cm³/mol. The second-order valence-electron chi connectivity index (χ2n) is 6.49. The summed E-state index contributed by atoms with van der Waals surface area (Å²) in [6.45, 7) is 3.58. The molecule has 1 aromatic heterocycles. The number of anilines is 2. The van der Waals surface area contributed by atoms with E-state index in [1.807, 2.05) is 42.6 Å². The molecule has 0 bridgehead atoms. The molecule has 0 aliphatic carbocycles. The van der Waals surface area contributed by atoms with E-state index in [1.54, 1.807) is 18.3 Å². The monoisotopic (exact) mass is 380 g/mol. The van der Waals surface area contributed by atoms with Crippen LogP contribution in [0.25, 0.3) is 11.3 Å². The number of aryl methyl sites for hydroxylation is 1. The molecule has 3 rings (SSSR count). The number of carbonyl (C=O) groups is 1. The summed E-state index contributed by atoms with van der Waals surface area (Å²) in [7, 11) is 0. The minimum Gasteiger partial charge on any atom is -0.354 e. The lowest BCUT2D eigenvalue weighted by molar-refractivity contribution is -0.119. The van der Waals surface area contributed by atoms with E-state index in [4.69, 9.17) is 0 Å². The molecule has 0 saturated heterocycles. The van der Waals surface area contributed by atoms with Crippen molar-refractivity contribution in [1.29, 1.82) is 0 Å².